The van der Waals surface area contributed by atoms with E-state index in [1.54, 1.807) is 6.92 Å². The molecule has 240 valence electrons. The summed E-state index contributed by atoms with van der Waals surface area (Å²) in [6, 6.07) is 23.5. The van der Waals surface area contributed by atoms with Gasteiger partial charge in [-0.15, -0.1) is 0 Å². The molecule has 0 radical (unpaired) electrons. The zero-order valence-corrected chi connectivity index (χ0v) is 25.7. The molecule has 3 aromatic rings. The Balaban J connectivity index is 1.29. The smallest absolute Gasteiger partial charge is 0.325 e. The average Bonchev–Trinajstić information content (AvgIpc) is 3.53. The van der Waals surface area contributed by atoms with Crippen molar-refractivity contribution < 1.29 is 34.0 Å². The maximum atomic E-state index is 12.2. The van der Waals surface area contributed by atoms with Crippen LogP contribution in [0.25, 0.3) is 11.1 Å². The van der Waals surface area contributed by atoms with Gasteiger partial charge in [-0.1, -0.05) is 72.8 Å². The summed E-state index contributed by atoms with van der Waals surface area (Å²) in [4.78, 5) is 26.1. The first kappa shape index (κ1) is 32.6. The van der Waals surface area contributed by atoms with Crippen molar-refractivity contribution in [3.8, 4) is 11.1 Å². The largest absolute Gasteiger partial charge is 0.465 e. The Morgan fingerprint density at radius 1 is 0.956 bits per heavy atom. The fraction of sp³-hybridized carbons (Fsp3) is 0.429. The van der Waals surface area contributed by atoms with Crippen LogP contribution in [0, 0.1) is 0 Å². The Morgan fingerprint density at radius 2 is 1.71 bits per heavy atom. The molecule has 0 aromatic heterocycles. The molecule has 0 unspecified atom stereocenters. The highest BCUT2D eigenvalue weighted by molar-refractivity contribution is 5.81. The molecule has 2 aliphatic heterocycles. The maximum Gasteiger partial charge on any atom is 0.325 e. The molecule has 3 aromatic carbocycles. The van der Waals surface area contributed by atoms with Crippen molar-refractivity contribution in [1.82, 2.24) is 15.5 Å². The summed E-state index contributed by atoms with van der Waals surface area (Å²) in [6.07, 6.45) is 1.91. The summed E-state index contributed by atoms with van der Waals surface area (Å²) in [5, 5.41) is 24.7. The first-order valence-corrected chi connectivity index (χ1v) is 15.7. The number of carbonyl (C=O) groups is 2. The number of aliphatic hydroxyl groups is 2. The molecule has 4 N–H and O–H groups in total. The summed E-state index contributed by atoms with van der Waals surface area (Å²) in [6.45, 7) is 3.88. The van der Waals surface area contributed by atoms with E-state index in [-0.39, 0.29) is 51.2 Å². The Kier molecular flexibility index (Phi) is 11.6. The van der Waals surface area contributed by atoms with Crippen molar-refractivity contribution in [2.45, 2.75) is 63.9 Å². The van der Waals surface area contributed by atoms with Crippen LogP contribution in [0.3, 0.4) is 0 Å². The molecule has 2 saturated heterocycles. The number of hydrogen-bond acceptors (Lipinski definition) is 8. The fourth-order valence-corrected chi connectivity index (χ4v) is 6.02. The number of benzene rings is 3. The minimum Gasteiger partial charge on any atom is -0.465 e. The van der Waals surface area contributed by atoms with Gasteiger partial charge in [0.15, 0.2) is 6.29 Å². The summed E-state index contributed by atoms with van der Waals surface area (Å²) in [7, 11) is 0. The number of rotatable bonds is 12. The second-order valence-electron chi connectivity index (χ2n) is 11.4. The third-order valence-corrected chi connectivity index (χ3v) is 8.41. The molecular weight excluding hydrogens is 574 g/mol. The lowest BCUT2D eigenvalue weighted by Crippen LogP contribution is -2.42. The monoisotopic (exact) mass is 617 g/mol. The Morgan fingerprint density at radius 3 is 2.44 bits per heavy atom. The Bertz CT molecular complexity index is 1400. The van der Waals surface area contributed by atoms with Gasteiger partial charge in [0.05, 0.1) is 32.0 Å². The van der Waals surface area contributed by atoms with E-state index in [1.807, 2.05) is 72.8 Å². The molecule has 2 fully saturated rings. The summed E-state index contributed by atoms with van der Waals surface area (Å²) >= 11 is 0. The van der Waals surface area contributed by atoms with E-state index in [2.05, 4.69) is 15.5 Å². The first-order valence-electron chi connectivity index (χ1n) is 15.7. The average molecular weight is 618 g/mol. The molecule has 10 heteroatoms. The molecule has 2 amide bonds. The van der Waals surface area contributed by atoms with Crippen LogP contribution >= 0.6 is 0 Å². The van der Waals surface area contributed by atoms with Crippen LogP contribution in [0.15, 0.2) is 72.8 Å². The number of ether oxygens (including phenoxy) is 3. The van der Waals surface area contributed by atoms with Crippen molar-refractivity contribution in [1.29, 1.82) is 0 Å². The van der Waals surface area contributed by atoms with Crippen LogP contribution in [0.1, 0.15) is 60.8 Å². The van der Waals surface area contributed by atoms with Crippen LogP contribution in [-0.4, -0.2) is 72.1 Å². The standard InChI is InChI=1S/C35H43N3O7/c1-2-43-33(41)20-37-35(42)36-19-28-6-3-4-8-31(28)25-13-15-27(16-14-25)34-44-30(21-38-17-5-7-29(38)23-40)18-32(45-34)26-11-9-24(22-39)10-12-26/h3-4,6,8-16,29-30,32,34,39-40H,2,5,7,17-23H2,1H3,(H2,36,37,42)/t29-,30+,32-,34-/m0/s1. The number of likely N-dealkylation sites (tertiary alicyclic amines) is 1. The van der Waals surface area contributed by atoms with Gasteiger partial charge >= 0.3 is 12.0 Å². The number of nitrogens with one attached hydrogen (secondary N) is 2. The number of esters is 1. The molecule has 10 nitrogen and oxygen atoms in total. The quantitative estimate of drug-likeness (QED) is 0.223. The topological polar surface area (TPSA) is 130 Å². The lowest BCUT2D eigenvalue weighted by atomic mass is 9.97. The molecule has 4 atom stereocenters. The molecule has 0 saturated carbocycles. The van der Waals surface area contributed by atoms with E-state index in [1.165, 1.54) is 0 Å². The Hall–Kier alpha value is -3.80. The van der Waals surface area contributed by atoms with Crippen LogP contribution in [0.4, 0.5) is 4.79 Å². The van der Waals surface area contributed by atoms with Gasteiger partial charge in [-0.05, 0) is 54.1 Å². The minimum absolute atomic E-state index is 0.00804. The van der Waals surface area contributed by atoms with Gasteiger partial charge in [0, 0.05) is 31.1 Å². The van der Waals surface area contributed by atoms with Gasteiger partial charge in [-0.3, -0.25) is 9.69 Å². The lowest BCUT2D eigenvalue weighted by molar-refractivity contribution is -0.253. The summed E-state index contributed by atoms with van der Waals surface area (Å²) in [5.74, 6) is -0.485. The van der Waals surface area contributed by atoms with E-state index >= 15 is 0 Å². The molecule has 0 bridgehead atoms. The normalized spacial score (nSPS) is 21.8. The summed E-state index contributed by atoms with van der Waals surface area (Å²) < 4.78 is 17.9. The zero-order chi connectivity index (χ0) is 31.6. The van der Waals surface area contributed by atoms with Crippen molar-refractivity contribution >= 4 is 12.0 Å². The van der Waals surface area contributed by atoms with E-state index in [4.69, 9.17) is 14.2 Å². The SMILES string of the molecule is CCOC(=O)CNC(=O)NCc1ccccc1-c1ccc([C@H]2O[C@@H](CN3CCC[C@H]3CO)C[C@@H](c3ccc(CO)cc3)O2)cc1. The molecule has 2 heterocycles. The van der Waals surface area contributed by atoms with Gasteiger partial charge in [0.25, 0.3) is 0 Å². The molecule has 2 aliphatic rings. The number of amides is 2. The molecule has 0 spiro atoms. The number of nitrogens with zero attached hydrogens (tertiary/aromatic N) is 1. The fourth-order valence-electron chi connectivity index (χ4n) is 6.02. The van der Waals surface area contributed by atoms with E-state index in [0.717, 1.165) is 59.3 Å². The number of urea groups is 1. The zero-order valence-electron chi connectivity index (χ0n) is 25.7. The predicted molar refractivity (Wildman–Crippen MR) is 169 cm³/mol. The van der Waals surface area contributed by atoms with Crippen LogP contribution in [-0.2, 0) is 32.2 Å². The van der Waals surface area contributed by atoms with E-state index < -0.39 is 18.3 Å². The predicted octanol–water partition coefficient (Wildman–Crippen LogP) is 4.21. The van der Waals surface area contributed by atoms with Crippen molar-refractivity contribution in [3.63, 3.8) is 0 Å². The van der Waals surface area contributed by atoms with Gasteiger partial charge in [0.1, 0.15) is 6.54 Å². The molecule has 0 aliphatic carbocycles. The lowest BCUT2D eigenvalue weighted by Gasteiger charge is -2.38. The second kappa shape index (κ2) is 16.0. The highest BCUT2D eigenvalue weighted by atomic mass is 16.7. The van der Waals surface area contributed by atoms with E-state index in [0.29, 0.717) is 6.42 Å². The van der Waals surface area contributed by atoms with Gasteiger partial charge in [-0.25, -0.2) is 4.79 Å². The number of aliphatic hydroxyl groups excluding tert-OH is 2. The van der Waals surface area contributed by atoms with Crippen LogP contribution < -0.4 is 10.6 Å². The number of carbonyl (C=O) groups excluding carboxylic acids is 2. The van der Waals surface area contributed by atoms with Crippen molar-refractivity contribution in [2.24, 2.45) is 0 Å². The van der Waals surface area contributed by atoms with Gasteiger partial charge in [0.2, 0.25) is 0 Å². The maximum absolute atomic E-state index is 12.2. The Labute approximate surface area is 264 Å². The highest BCUT2D eigenvalue weighted by Gasteiger charge is 2.35. The highest BCUT2D eigenvalue weighted by Crippen LogP contribution is 2.39. The van der Waals surface area contributed by atoms with Crippen LogP contribution in [0.5, 0.6) is 0 Å². The molecule has 45 heavy (non-hydrogen) atoms. The third-order valence-electron chi connectivity index (χ3n) is 8.41. The van der Waals surface area contributed by atoms with Gasteiger partial charge in [-0.2, -0.15) is 0 Å². The number of hydrogen-bond donors (Lipinski definition) is 4. The van der Waals surface area contributed by atoms with Crippen molar-refractivity contribution in [3.05, 3.63) is 95.1 Å². The summed E-state index contributed by atoms with van der Waals surface area (Å²) in [5.41, 5.74) is 5.67. The first-order chi connectivity index (χ1) is 22.0. The minimum atomic E-state index is -0.574. The third kappa shape index (κ3) is 8.68. The molecular formula is C35H43N3O7. The van der Waals surface area contributed by atoms with Gasteiger partial charge < -0.3 is 35.1 Å². The molecule has 5 rings (SSSR count). The van der Waals surface area contributed by atoms with Crippen LogP contribution in [0.2, 0.25) is 0 Å². The van der Waals surface area contributed by atoms with E-state index in [9.17, 15) is 19.8 Å². The second-order valence-corrected chi connectivity index (χ2v) is 11.4. The van der Waals surface area contributed by atoms with Crippen molar-refractivity contribution in [2.75, 3.05) is 32.8 Å².